The first kappa shape index (κ1) is 21.4. The molecule has 4 aromatic rings. The minimum absolute atomic E-state index is 0.216. The van der Waals surface area contributed by atoms with Crippen LogP contribution in [-0.4, -0.2) is 26.6 Å². The third-order valence-electron chi connectivity index (χ3n) is 5.46. The van der Waals surface area contributed by atoms with Crippen molar-refractivity contribution in [3.8, 4) is 11.5 Å². The standard InChI is InChI=1S/C25H18Cl2N4O2/c1-15-23(29-24(33-15)17-4-8-20(27)9-5-17)21-14-22(16-2-6-19(26)7-3-16)31(30-21)25(32)18-10-12-28-13-11-18/h2-13,22H,14H2,1H3. The summed E-state index contributed by atoms with van der Waals surface area (Å²) in [7, 11) is 0. The number of carbonyl (C=O) groups excluding carboxylic acids is 1. The van der Waals surface area contributed by atoms with Crippen molar-refractivity contribution >= 4 is 34.8 Å². The van der Waals surface area contributed by atoms with Crippen LogP contribution in [0.5, 0.6) is 0 Å². The van der Waals surface area contributed by atoms with Gasteiger partial charge in [-0.3, -0.25) is 9.78 Å². The number of aromatic nitrogens is 2. The molecule has 0 aliphatic carbocycles. The summed E-state index contributed by atoms with van der Waals surface area (Å²) in [6, 6.07) is 17.8. The Labute approximate surface area is 200 Å². The predicted octanol–water partition coefficient (Wildman–Crippen LogP) is 6.34. The SMILES string of the molecule is Cc1oc(-c2ccc(Cl)cc2)nc1C1=NN(C(=O)c2ccncc2)C(c2ccc(Cl)cc2)C1. The number of nitrogens with zero attached hydrogens (tertiary/aromatic N) is 4. The molecule has 2 aromatic carbocycles. The van der Waals surface area contributed by atoms with Crippen LogP contribution in [0.1, 0.15) is 39.8 Å². The van der Waals surface area contributed by atoms with Crippen molar-refractivity contribution in [3.05, 3.63) is 106 Å². The quantitative estimate of drug-likeness (QED) is 0.344. The van der Waals surface area contributed by atoms with Gasteiger partial charge in [0.2, 0.25) is 5.89 Å². The lowest BCUT2D eigenvalue weighted by atomic mass is 10.00. The Hall–Kier alpha value is -3.48. The van der Waals surface area contributed by atoms with Crippen LogP contribution in [0.2, 0.25) is 10.0 Å². The van der Waals surface area contributed by atoms with Gasteiger partial charge in [-0.1, -0.05) is 35.3 Å². The number of hydrogen-bond acceptors (Lipinski definition) is 5. The largest absolute Gasteiger partial charge is 0.441 e. The van der Waals surface area contributed by atoms with Gasteiger partial charge in [0.1, 0.15) is 11.5 Å². The van der Waals surface area contributed by atoms with Gasteiger partial charge in [0.05, 0.1) is 11.8 Å². The monoisotopic (exact) mass is 476 g/mol. The number of hydrogen-bond donors (Lipinski definition) is 0. The molecule has 164 valence electrons. The maximum absolute atomic E-state index is 13.3. The molecule has 1 aliphatic rings. The van der Waals surface area contributed by atoms with Gasteiger partial charge in [-0.05, 0) is 61.0 Å². The molecule has 2 aromatic heterocycles. The summed E-state index contributed by atoms with van der Waals surface area (Å²) < 4.78 is 5.93. The lowest BCUT2D eigenvalue weighted by Crippen LogP contribution is -2.27. The fourth-order valence-electron chi connectivity index (χ4n) is 3.79. The molecule has 8 heteroatoms. The summed E-state index contributed by atoms with van der Waals surface area (Å²) in [5, 5.41) is 7.47. The van der Waals surface area contributed by atoms with Crippen molar-refractivity contribution < 1.29 is 9.21 Å². The summed E-state index contributed by atoms with van der Waals surface area (Å²) >= 11 is 12.1. The number of carbonyl (C=O) groups is 1. The van der Waals surface area contributed by atoms with Crippen molar-refractivity contribution in [2.45, 2.75) is 19.4 Å². The molecule has 6 nitrogen and oxygen atoms in total. The predicted molar refractivity (Wildman–Crippen MR) is 127 cm³/mol. The van der Waals surface area contributed by atoms with Crippen LogP contribution in [0.25, 0.3) is 11.5 Å². The molecule has 1 unspecified atom stereocenters. The molecule has 0 fully saturated rings. The van der Waals surface area contributed by atoms with E-state index in [1.807, 2.05) is 43.3 Å². The van der Waals surface area contributed by atoms with Crippen LogP contribution in [0.3, 0.4) is 0 Å². The van der Waals surface area contributed by atoms with E-state index < -0.39 is 0 Å². The molecule has 0 spiro atoms. The zero-order valence-electron chi connectivity index (χ0n) is 17.6. The lowest BCUT2D eigenvalue weighted by molar-refractivity contribution is 0.0711. The van der Waals surface area contributed by atoms with Crippen LogP contribution in [-0.2, 0) is 0 Å². The second kappa shape index (κ2) is 8.81. The highest BCUT2D eigenvalue weighted by molar-refractivity contribution is 6.30. The van der Waals surface area contributed by atoms with Crippen LogP contribution in [0, 0.1) is 6.92 Å². The second-order valence-corrected chi connectivity index (χ2v) is 8.51. The highest BCUT2D eigenvalue weighted by atomic mass is 35.5. The van der Waals surface area contributed by atoms with E-state index in [0.717, 1.165) is 11.1 Å². The van der Waals surface area contributed by atoms with Gasteiger partial charge in [0, 0.05) is 40.0 Å². The van der Waals surface area contributed by atoms with Crippen LogP contribution in [0.4, 0.5) is 0 Å². The van der Waals surface area contributed by atoms with E-state index in [1.165, 1.54) is 5.01 Å². The van der Waals surface area contributed by atoms with Crippen LogP contribution < -0.4 is 0 Å². The molecule has 0 bridgehead atoms. The molecule has 3 heterocycles. The van der Waals surface area contributed by atoms with Crippen LogP contribution in [0.15, 0.2) is 82.6 Å². The number of hydrazone groups is 1. The molecule has 0 saturated heterocycles. The molecule has 5 rings (SSSR count). The van der Waals surface area contributed by atoms with Gasteiger partial charge in [0.15, 0.2) is 0 Å². The maximum atomic E-state index is 13.3. The number of benzene rings is 2. The maximum Gasteiger partial charge on any atom is 0.274 e. The zero-order chi connectivity index (χ0) is 22.9. The van der Waals surface area contributed by atoms with Gasteiger partial charge in [-0.15, -0.1) is 0 Å². The molecular weight excluding hydrogens is 459 g/mol. The third kappa shape index (κ3) is 4.27. The topological polar surface area (TPSA) is 71.6 Å². The van der Waals surface area contributed by atoms with Gasteiger partial charge < -0.3 is 4.42 Å². The number of halogens is 2. The van der Waals surface area contributed by atoms with Crippen molar-refractivity contribution in [3.63, 3.8) is 0 Å². The Kier molecular flexibility index (Phi) is 5.70. The van der Waals surface area contributed by atoms with E-state index in [0.29, 0.717) is 45.1 Å². The molecule has 0 N–H and O–H groups in total. The van der Waals surface area contributed by atoms with Crippen molar-refractivity contribution in [1.29, 1.82) is 0 Å². The first-order valence-corrected chi connectivity index (χ1v) is 11.1. The van der Waals surface area contributed by atoms with Gasteiger partial charge in [0.25, 0.3) is 5.91 Å². The van der Waals surface area contributed by atoms with E-state index in [1.54, 1.807) is 36.7 Å². The minimum Gasteiger partial charge on any atom is -0.441 e. The van der Waals surface area contributed by atoms with E-state index in [9.17, 15) is 4.79 Å². The molecule has 0 radical (unpaired) electrons. The van der Waals surface area contributed by atoms with E-state index >= 15 is 0 Å². The van der Waals surface area contributed by atoms with E-state index in [-0.39, 0.29) is 11.9 Å². The van der Waals surface area contributed by atoms with Gasteiger partial charge in [-0.25, -0.2) is 9.99 Å². The Morgan fingerprint density at radius 3 is 2.27 bits per heavy atom. The molecule has 1 atom stereocenters. The number of rotatable bonds is 4. The Morgan fingerprint density at radius 1 is 0.970 bits per heavy atom. The Bertz CT molecular complexity index is 1330. The molecular formula is C25H18Cl2N4O2. The van der Waals surface area contributed by atoms with E-state index in [4.69, 9.17) is 37.7 Å². The summed E-state index contributed by atoms with van der Waals surface area (Å²) in [5.41, 5.74) is 3.56. The summed E-state index contributed by atoms with van der Waals surface area (Å²) in [4.78, 5) is 22.0. The average Bonchev–Trinajstić information content (AvgIpc) is 3.44. The number of aryl methyl sites for hydroxylation is 1. The molecule has 1 aliphatic heterocycles. The zero-order valence-corrected chi connectivity index (χ0v) is 19.1. The first-order chi connectivity index (χ1) is 16.0. The summed E-state index contributed by atoms with van der Waals surface area (Å²) in [6.07, 6.45) is 3.67. The highest BCUT2D eigenvalue weighted by Gasteiger charge is 2.35. The van der Waals surface area contributed by atoms with Gasteiger partial charge >= 0.3 is 0 Å². The number of amides is 1. The summed E-state index contributed by atoms with van der Waals surface area (Å²) in [5.74, 6) is 0.891. The molecule has 1 amide bonds. The Morgan fingerprint density at radius 2 is 1.61 bits per heavy atom. The molecule has 33 heavy (non-hydrogen) atoms. The summed E-state index contributed by atoms with van der Waals surface area (Å²) in [6.45, 7) is 1.84. The lowest BCUT2D eigenvalue weighted by Gasteiger charge is -2.22. The first-order valence-electron chi connectivity index (χ1n) is 10.3. The number of oxazole rings is 1. The van der Waals surface area contributed by atoms with Crippen molar-refractivity contribution in [1.82, 2.24) is 15.0 Å². The fourth-order valence-corrected chi connectivity index (χ4v) is 4.04. The van der Waals surface area contributed by atoms with Crippen LogP contribution >= 0.6 is 23.2 Å². The van der Waals surface area contributed by atoms with Crippen molar-refractivity contribution in [2.75, 3.05) is 0 Å². The van der Waals surface area contributed by atoms with E-state index in [2.05, 4.69) is 4.98 Å². The third-order valence-corrected chi connectivity index (χ3v) is 5.97. The highest BCUT2D eigenvalue weighted by Crippen LogP contribution is 2.35. The Balaban J connectivity index is 1.53. The second-order valence-electron chi connectivity index (χ2n) is 7.63. The smallest absolute Gasteiger partial charge is 0.274 e. The van der Waals surface area contributed by atoms with Gasteiger partial charge in [-0.2, -0.15) is 5.10 Å². The average molecular weight is 477 g/mol. The minimum atomic E-state index is -0.298. The molecule has 0 saturated carbocycles. The van der Waals surface area contributed by atoms with Crippen molar-refractivity contribution in [2.24, 2.45) is 5.10 Å². The normalized spacial score (nSPS) is 15.5. The fraction of sp³-hybridized carbons (Fsp3) is 0.120. The number of pyridine rings is 1.